The Kier molecular flexibility index (Phi) is 3.15. The van der Waals surface area contributed by atoms with E-state index < -0.39 is 10.0 Å². The van der Waals surface area contributed by atoms with Crippen molar-refractivity contribution in [3.8, 4) is 11.3 Å². The Hall–Kier alpha value is -2.45. The highest BCUT2D eigenvalue weighted by atomic mass is 32.2. The van der Waals surface area contributed by atoms with Gasteiger partial charge in [0.15, 0.2) is 11.5 Å². The zero-order valence-corrected chi connectivity index (χ0v) is 12.9. The lowest BCUT2D eigenvalue weighted by atomic mass is 10.1. The molecule has 8 heteroatoms. The van der Waals surface area contributed by atoms with E-state index in [9.17, 15) is 8.42 Å². The molecule has 1 aromatic carbocycles. The van der Waals surface area contributed by atoms with Crippen LogP contribution in [0.3, 0.4) is 0 Å². The van der Waals surface area contributed by atoms with E-state index in [4.69, 9.17) is 10.9 Å². The molecular weight excluding hydrogens is 302 g/mol. The van der Waals surface area contributed by atoms with Crippen LogP contribution in [0.15, 0.2) is 35.5 Å². The summed E-state index contributed by atoms with van der Waals surface area (Å²) >= 11 is 0. The van der Waals surface area contributed by atoms with Crippen LogP contribution in [-0.2, 0) is 10.0 Å². The van der Waals surface area contributed by atoms with E-state index >= 15 is 0 Å². The van der Waals surface area contributed by atoms with Crippen molar-refractivity contribution in [3.05, 3.63) is 41.9 Å². The van der Waals surface area contributed by atoms with Gasteiger partial charge in [-0.2, -0.15) is 0 Å². The molecule has 0 aliphatic carbocycles. The van der Waals surface area contributed by atoms with Gasteiger partial charge in [0.05, 0.1) is 22.5 Å². The van der Waals surface area contributed by atoms with Crippen molar-refractivity contribution >= 4 is 21.5 Å². The molecule has 0 radical (unpaired) electrons. The molecule has 4 N–H and O–H groups in total. The molecule has 7 nitrogen and oxygen atoms in total. The summed E-state index contributed by atoms with van der Waals surface area (Å²) in [7, 11) is -3.77. The number of nitrogens with two attached hydrogens (primary N) is 2. The highest BCUT2D eigenvalue weighted by Gasteiger charge is 2.15. The Morgan fingerprint density at radius 1 is 1.23 bits per heavy atom. The van der Waals surface area contributed by atoms with Crippen LogP contribution >= 0.6 is 0 Å². The monoisotopic (exact) mass is 317 g/mol. The summed E-state index contributed by atoms with van der Waals surface area (Å²) in [5, 5.41) is 5.21. The quantitative estimate of drug-likeness (QED) is 0.737. The zero-order chi connectivity index (χ0) is 16.1. The normalized spacial score (nSPS) is 12.0. The maximum Gasteiger partial charge on any atom is 0.238 e. The summed E-state index contributed by atoms with van der Waals surface area (Å²) < 4.78 is 24.9. The van der Waals surface area contributed by atoms with Crippen molar-refractivity contribution in [1.82, 2.24) is 14.4 Å². The number of hydrogen-bond acceptors (Lipinski definition) is 5. The van der Waals surface area contributed by atoms with Gasteiger partial charge < -0.3 is 5.73 Å². The van der Waals surface area contributed by atoms with Crippen molar-refractivity contribution in [3.63, 3.8) is 0 Å². The maximum atomic E-state index is 11.6. The SMILES string of the molecule is Cc1cn2c(-c3cc(S(N)(=O)=O)ccc3C)cnc2c(N)n1. The van der Waals surface area contributed by atoms with Crippen LogP contribution in [0.25, 0.3) is 16.9 Å². The molecule has 0 fully saturated rings. The van der Waals surface area contributed by atoms with Crippen LogP contribution < -0.4 is 10.9 Å². The average molecular weight is 317 g/mol. The van der Waals surface area contributed by atoms with E-state index in [0.717, 1.165) is 22.5 Å². The van der Waals surface area contributed by atoms with E-state index in [0.29, 0.717) is 11.5 Å². The number of anilines is 1. The first-order chi connectivity index (χ1) is 10.3. The van der Waals surface area contributed by atoms with Crippen molar-refractivity contribution in [2.45, 2.75) is 18.7 Å². The Morgan fingerprint density at radius 3 is 2.64 bits per heavy atom. The smallest absolute Gasteiger partial charge is 0.238 e. The number of benzene rings is 1. The minimum absolute atomic E-state index is 0.0572. The third kappa shape index (κ3) is 2.32. The molecule has 2 heterocycles. The van der Waals surface area contributed by atoms with E-state index in [-0.39, 0.29) is 4.90 Å². The maximum absolute atomic E-state index is 11.6. The number of rotatable bonds is 2. The standard InChI is InChI=1S/C14H15N5O2S/c1-8-3-4-10(22(16,20)21)5-11(8)12-6-17-14-13(15)18-9(2)7-19(12)14/h3-7H,1-2H3,(H2,15,18)(H2,16,20,21). The molecule has 0 amide bonds. The second-order valence-electron chi connectivity index (χ2n) is 5.13. The number of primary sulfonamides is 1. The molecule has 0 aliphatic heterocycles. The topological polar surface area (TPSA) is 116 Å². The van der Waals surface area contributed by atoms with Gasteiger partial charge in [-0.05, 0) is 31.5 Å². The second kappa shape index (κ2) is 4.79. The summed E-state index contributed by atoms with van der Waals surface area (Å²) in [6.07, 6.45) is 3.44. The second-order valence-corrected chi connectivity index (χ2v) is 6.69. The zero-order valence-electron chi connectivity index (χ0n) is 12.1. The highest BCUT2D eigenvalue weighted by molar-refractivity contribution is 7.89. The molecule has 0 atom stereocenters. The summed E-state index contributed by atoms with van der Waals surface area (Å²) in [6, 6.07) is 4.74. The fraction of sp³-hybridized carbons (Fsp3) is 0.143. The summed E-state index contributed by atoms with van der Waals surface area (Å²) in [6.45, 7) is 3.71. The van der Waals surface area contributed by atoms with Crippen molar-refractivity contribution in [1.29, 1.82) is 0 Å². The van der Waals surface area contributed by atoms with Crippen LogP contribution in [0.4, 0.5) is 5.82 Å². The van der Waals surface area contributed by atoms with Crippen LogP contribution in [0.2, 0.25) is 0 Å². The lowest BCUT2D eigenvalue weighted by Gasteiger charge is -2.09. The first-order valence-electron chi connectivity index (χ1n) is 6.51. The van der Waals surface area contributed by atoms with Crippen molar-refractivity contribution < 1.29 is 8.42 Å². The number of sulfonamides is 1. The number of aromatic nitrogens is 3. The number of nitrogen functional groups attached to an aromatic ring is 1. The van der Waals surface area contributed by atoms with Gasteiger partial charge in [0.2, 0.25) is 10.0 Å². The Morgan fingerprint density at radius 2 is 1.95 bits per heavy atom. The van der Waals surface area contributed by atoms with Gasteiger partial charge in [-0.3, -0.25) is 4.40 Å². The van der Waals surface area contributed by atoms with Gasteiger partial charge in [0, 0.05) is 11.8 Å². The highest BCUT2D eigenvalue weighted by Crippen LogP contribution is 2.28. The Balaban J connectivity index is 2.33. The fourth-order valence-corrected chi connectivity index (χ4v) is 2.93. The van der Waals surface area contributed by atoms with Gasteiger partial charge >= 0.3 is 0 Å². The number of imidazole rings is 1. The Labute approximate surface area is 127 Å². The third-order valence-electron chi connectivity index (χ3n) is 3.45. The largest absolute Gasteiger partial charge is 0.381 e. The molecule has 3 rings (SSSR count). The number of hydrogen-bond donors (Lipinski definition) is 2. The Bertz CT molecular complexity index is 992. The minimum atomic E-state index is -3.77. The molecular formula is C14H15N5O2S. The molecule has 0 spiro atoms. The summed E-state index contributed by atoms with van der Waals surface area (Å²) in [5.41, 5.74) is 9.51. The predicted octanol–water partition coefficient (Wildman–Crippen LogP) is 1.24. The van der Waals surface area contributed by atoms with Crippen molar-refractivity contribution in [2.24, 2.45) is 5.14 Å². The molecule has 3 aromatic rings. The van der Waals surface area contributed by atoms with Gasteiger partial charge in [0.25, 0.3) is 0 Å². The molecule has 0 bridgehead atoms. The summed E-state index contributed by atoms with van der Waals surface area (Å²) in [4.78, 5) is 8.49. The first kappa shape index (κ1) is 14.5. The van der Waals surface area contributed by atoms with E-state index in [1.165, 1.54) is 6.07 Å². The molecule has 0 saturated carbocycles. The lowest BCUT2D eigenvalue weighted by Crippen LogP contribution is -2.12. The molecule has 22 heavy (non-hydrogen) atoms. The lowest BCUT2D eigenvalue weighted by molar-refractivity contribution is 0.598. The van der Waals surface area contributed by atoms with Crippen LogP contribution in [0.1, 0.15) is 11.3 Å². The van der Waals surface area contributed by atoms with E-state index in [2.05, 4.69) is 9.97 Å². The van der Waals surface area contributed by atoms with Crippen LogP contribution in [0.5, 0.6) is 0 Å². The van der Waals surface area contributed by atoms with Gasteiger partial charge in [-0.1, -0.05) is 6.07 Å². The predicted molar refractivity (Wildman–Crippen MR) is 83.7 cm³/mol. The average Bonchev–Trinajstić information content (AvgIpc) is 2.81. The van der Waals surface area contributed by atoms with Gasteiger partial charge in [0.1, 0.15) is 0 Å². The van der Waals surface area contributed by atoms with Crippen LogP contribution in [0, 0.1) is 13.8 Å². The minimum Gasteiger partial charge on any atom is -0.381 e. The van der Waals surface area contributed by atoms with Gasteiger partial charge in [-0.15, -0.1) is 0 Å². The van der Waals surface area contributed by atoms with Crippen LogP contribution in [-0.4, -0.2) is 22.8 Å². The number of nitrogens with zero attached hydrogens (tertiary/aromatic N) is 3. The molecule has 0 saturated heterocycles. The van der Waals surface area contributed by atoms with Crippen molar-refractivity contribution in [2.75, 3.05) is 5.73 Å². The number of fused-ring (bicyclic) bond motifs is 1. The third-order valence-corrected chi connectivity index (χ3v) is 4.36. The number of aryl methyl sites for hydroxylation is 2. The molecule has 0 aliphatic rings. The van der Waals surface area contributed by atoms with E-state index in [1.54, 1.807) is 28.9 Å². The first-order valence-corrected chi connectivity index (χ1v) is 8.06. The molecule has 2 aromatic heterocycles. The molecule has 0 unspecified atom stereocenters. The van der Waals surface area contributed by atoms with Gasteiger partial charge in [-0.25, -0.2) is 23.5 Å². The molecule has 114 valence electrons. The summed E-state index contributed by atoms with van der Waals surface area (Å²) in [5.74, 6) is 0.325. The van der Waals surface area contributed by atoms with E-state index in [1.807, 2.05) is 13.8 Å². The fourth-order valence-electron chi connectivity index (χ4n) is 2.39.